The molecule has 5 nitrogen and oxygen atoms in total. The standard InChI is InChI=1S/C21H31N3O2S/c1-6-15(2)24-11-9-16(10-12-24)19-14-22-20-8-7-17(13-18(19)20)23-27(25,26)21(3,4)5/h7-9,13-15,22-23H,6,10-12H2,1-5H3. The molecule has 0 saturated carbocycles. The summed E-state index contributed by atoms with van der Waals surface area (Å²) < 4.78 is 26.8. The number of fused-ring (bicyclic) bond motifs is 1. The molecule has 0 radical (unpaired) electrons. The minimum Gasteiger partial charge on any atom is -0.361 e. The average Bonchev–Trinajstić information content (AvgIpc) is 3.03. The molecule has 1 aliphatic heterocycles. The molecule has 6 heteroatoms. The Hall–Kier alpha value is -1.79. The SMILES string of the molecule is CCC(C)N1CC=C(c2c[nH]c3ccc(NS(=O)(=O)C(C)(C)C)cc23)CC1. The van der Waals surface area contributed by atoms with E-state index in [0.29, 0.717) is 11.7 Å². The second kappa shape index (κ2) is 7.32. The Morgan fingerprint density at radius 3 is 2.63 bits per heavy atom. The summed E-state index contributed by atoms with van der Waals surface area (Å²) in [6, 6.07) is 6.29. The molecule has 2 heterocycles. The van der Waals surface area contributed by atoms with Crippen LogP contribution in [0.2, 0.25) is 0 Å². The van der Waals surface area contributed by atoms with Crippen LogP contribution in [0.1, 0.15) is 53.0 Å². The number of aromatic nitrogens is 1. The summed E-state index contributed by atoms with van der Waals surface area (Å²) in [5.41, 5.74) is 4.13. The van der Waals surface area contributed by atoms with Crippen LogP contribution in [0.4, 0.5) is 5.69 Å². The predicted molar refractivity (Wildman–Crippen MR) is 115 cm³/mol. The van der Waals surface area contributed by atoms with Crippen LogP contribution >= 0.6 is 0 Å². The van der Waals surface area contributed by atoms with Gasteiger partial charge in [0, 0.05) is 47.5 Å². The molecule has 0 spiro atoms. The Bertz CT molecular complexity index is 951. The molecule has 1 atom stereocenters. The summed E-state index contributed by atoms with van der Waals surface area (Å²) in [5.74, 6) is 0. The first-order valence-electron chi connectivity index (χ1n) is 9.69. The summed E-state index contributed by atoms with van der Waals surface area (Å²) in [5, 5.41) is 1.06. The van der Waals surface area contributed by atoms with E-state index in [4.69, 9.17) is 0 Å². The van der Waals surface area contributed by atoms with Gasteiger partial charge in [0.2, 0.25) is 10.0 Å². The lowest BCUT2D eigenvalue weighted by atomic mass is 9.98. The molecular formula is C21H31N3O2S. The Balaban J connectivity index is 1.90. The molecule has 148 valence electrons. The highest BCUT2D eigenvalue weighted by molar-refractivity contribution is 7.94. The van der Waals surface area contributed by atoms with Gasteiger partial charge in [-0.05, 0) is 64.3 Å². The molecule has 1 aromatic heterocycles. The normalized spacial score (nSPS) is 17.7. The third kappa shape index (κ3) is 4.06. The third-order valence-electron chi connectivity index (χ3n) is 5.54. The van der Waals surface area contributed by atoms with Crippen LogP contribution in [0.5, 0.6) is 0 Å². The van der Waals surface area contributed by atoms with Crippen LogP contribution < -0.4 is 4.72 Å². The number of anilines is 1. The maximum Gasteiger partial charge on any atom is 0.237 e. The Labute approximate surface area is 162 Å². The second-order valence-electron chi connectivity index (χ2n) is 8.41. The van der Waals surface area contributed by atoms with E-state index in [9.17, 15) is 8.42 Å². The molecule has 2 aromatic rings. The lowest BCUT2D eigenvalue weighted by molar-refractivity contribution is 0.225. The van der Waals surface area contributed by atoms with Crippen LogP contribution in [0.15, 0.2) is 30.5 Å². The van der Waals surface area contributed by atoms with Crippen LogP contribution in [-0.4, -0.2) is 42.2 Å². The quantitative estimate of drug-likeness (QED) is 0.786. The van der Waals surface area contributed by atoms with Crippen molar-refractivity contribution < 1.29 is 8.42 Å². The van der Waals surface area contributed by atoms with E-state index in [2.05, 4.69) is 34.5 Å². The molecular weight excluding hydrogens is 358 g/mol. The van der Waals surface area contributed by atoms with Crippen molar-refractivity contribution in [1.29, 1.82) is 0 Å². The molecule has 27 heavy (non-hydrogen) atoms. The number of nitrogens with one attached hydrogen (secondary N) is 2. The Morgan fingerprint density at radius 1 is 1.30 bits per heavy atom. The smallest absolute Gasteiger partial charge is 0.237 e. The van der Waals surface area contributed by atoms with Crippen molar-refractivity contribution in [3.8, 4) is 0 Å². The highest BCUT2D eigenvalue weighted by atomic mass is 32.2. The van der Waals surface area contributed by atoms with Crippen molar-refractivity contribution in [2.45, 2.75) is 58.2 Å². The summed E-state index contributed by atoms with van der Waals surface area (Å²) in [6.07, 6.45) is 6.52. The van der Waals surface area contributed by atoms with Gasteiger partial charge < -0.3 is 4.98 Å². The first-order valence-corrected chi connectivity index (χ1v) is 11.2. The number of benzene rings is 1. The number of H-pyrrole nitrogens is 1. The predicted octanol–water partition coefficient (Wildman–Crippen LogP) is 4.60. The monoisotopic (exact) mass is 389 g/mol. The topological polar surface area (TPSA) is 65.2 Å². The molecule has 0 amide bonds. The molecule has 0 aliphatic carbocycles. The first-order chi connectivity index (χ1) is 12.6. The van der Waals surface area contributed by atoms with Crippen molar-refractivity contribution in [2.24, 2.45) is 0 Å². The largest absolute Gasteiger partial charge is 0.361 e. The van der Waals surface area contributed by atoms with E-state index in [1.807, 2.05) is 24.4 Å². The minimum absolute atomic E-state index is 0.601. The minimum atomic E-state index is -3.44. The molecule has 3 rings (SSSR count). The fourth-order valence-electron chi connectivity index (χ4n) is 3.35. The lowest BCUT2D eigenvalue weighted by Crippen LogP contribution is -2.35. The van der Waals surface area contributed by atoms with Gasteiger partial charge in [-0.3, -0.25) is 9.62 Å². The summed E-state index contributed by atoms with van der Waals surface area (Å²) in [6.45, 7) is 11.6. The second-order valence-corrected chi connectivity index (χ2v) is 10.8. The molecule has 0 bridgehead atoms. The zero-order valence-electron chi connectivity index (χ0n) is 17.0. The first kappa shape index (κ1) is 20.0. The summed E-state index contributed by atoms with van der Waals surface area (Å²) in [4.78, 5) is 5.82. The number of rotatable bonds is 5. The Morgan fingerprint density at radius 2 is 2.04 bits per heavy atom. The van der Waals surface area contributed by atoms with Gasteiger partial charge >= 0.3 is 0 Å². The number of hydrogen-bond donors (Lipinski definition) is 2. The van der Waals surface area contributed by atoms with E-state index in [-0.39, 0.29) is 0 Å². The average molecular weight is 390 g/mol. The van der Waals surface area contributed by atoms with Crippen molar-refractivity contribution in [3.05, 3.63) is 36.0 Å². The van der Waals surface area contributed by atoms with Crippen LogP contribution in [0.25, 0.3) is 16.5 Å². The fraction of sp³-hybridized carbons (Fsp3) is 0.524. The van der Waals surface area contributed by atoms with Crippen molar-refractivity contribution in [3.63, 3.8) is 0 Å². The van der Waals surface area contributed by atoms with Gasteiger partial charge in [-0.2, -0.15) is 0 Å². The van der Waals surface area contributed by atoms with Gasteiger partial charge in [-0.15, -0.1) is 0 Å². The number of hydrogen-bond acceptors (Lipinski definition) is 3. The highest BCUT2D eigenvalue weighted by Crippen LogP contribution is 2.32. The van der Waals surface area contributed by atoms with Crippen molar-refractivity contribution >= 4 is 32.2 Å². The van der Waals surface area contributed by atoms with Crippen LogP contribution in [0, 0.1) is 0 Å². The fourth-order valence-corrected chi connectivity index (χ4v) is 4.09. The van der Waals surface area contributed by atoms with E-state index < -0.39 is 14.8 Å². The van der Waals surface area contributed by atoms with E-state index in [1.54, 1.807) is 20.8 Å². The van der Waals surface area contributed by atoms with Crippen LogP contribution in [0.3, 0.4) is 0 Å². The van der Waals surface area contributed by atoms with Crippen LogP contribution in [-0.2, 0) is 10.0 Å². The molecule has 2 N–H and O–H groups in total. The third-order valence-corrected chi connectivity index (χ3v) is 7.66. The van der Waals surface area contributed by atoms with Crippen molar-refractivity contribution in [2.75, 3.05) is 17.8 Å². The molecule has 1 aliphatic rings. The maximum absolute atomic E-state index is 12.5. The lowest BCUT2D eigenvalue weighted by Gasteiger charge is -2.31. The summed E-state index contributed by atoms with van der Waals surface area (Å²) >= 11 is 0. The van der Waals surface area contributed by atoms with Gasteiger partial charge in [-0.25, -0.2) is 8.42 Å². The number of sulfonamides is 1. The Kier molecular flexibility index (Phi) is 5.41. The van der Waals surface area contributed by atoms with E-state index in [0.717, 1.165) is 36.8 Å². The number of nitrogens with zero attached hydrogens (tertiary/aromatic N) is 1. The number of aromatic amines is 1. The van der Waals surface area contributed by atoms with Crippen molar-refractivity contribution in [1.82, 2.24) is 9.88 Å². The van der Waals surface area contributed by atoms with E-state index >= 15 is 0 Å². The zero-order chi connectivity index (χ0) is 19.8. The molecule has 0 saturated heterocycles. The molecule has 0 fully saturated rings. The van der Waals surface area contributed by atoms with E-state index in [1.165, 1.54) is 11.1 Å². The molecule has 1 aromatic carbocycles. The molecule has 1 unspecified atom stereocenters. The van der Waals surface area contributed by atoms with Gasteiger partial charge in [0.25, 0.3) is 0 Å². The highest BCUT2D eigenvalue weighted by Gasteiger charge is 2.29. The maximum atomic E-state index is 12.5. The van der Waals surface area contributed by atoms with Gasteiger partial charge in [0.05, 0.1) is 4.75 Å². The van der Waals surface area contributed by atoms with Gasteiger partial charge in [0.1, 0.15) is 0 Å². The van der Waals surface area contributed by atoms with Gasteiger partial charge in [0.15, 0.2) is 0 Å². The zero-order valence-corrected chi connectivity index (χ0v) is 17.8. The van der Waals surface area contributed by atoms with Gasteiger partial charge in [-0.1, -0.05) is 13.0 Å². The summed E-state index contributed by atoms with van der Waals surface area (Å²) in [7, 11) is -3.44.